The molecule has 0 fully saturated rings. The summed E-state index contributed by atoms with van der Waals surface area (Å²) < 4.78 is 6.94. The molecule has 28 heavy (non-hydrogen) atoms. The number of benzene rings is 1. The molecule has 0 saturated heterocycles. The molecule has 3 aromatic rings. The van der Waals surface area contributed by atoms with Gasteiger partial charge in [-0.25, -0.2) is 4.98 Å². The average Bonchev–Trinajstić information content (AvgIpc) is 3.17. The molecular weight excluding hydrogens is 378 g/mol. The number of aromatic amines is 1. The SMILES string of the molecule is CCOc1ccc(-n2c(SCC(=O)NCCC#N)nc3[nH]ccc3c2=O)cc1. The lowest BCUT2D eigenvalue weighted by atomic mass is 10.3. The predicted molar refractivity (Wildman–Crippen MR) is 107 cm³/mol. The quantitative estimate of drug-likeness (QED) is 0.342. The summed E-state index contributed by atoms with van der Waals surface area (Å²) >= 11 is 1.16. The van der Waals surface area contributed by atoms with Crippen molar-refractivity contribution < 1.29 is 9.53 Å². The monoisotopic (exact) mass is 397 g/mol. The predicted octanol–water partition coefficient (Wildman–Crippen LogP) is 2.23. The van der Waals surface area contributed by atoms with Crippen LogP contribution in [-0.4, -0.2) is 39.3 Å². The van der Waals surface area contributed by atoms with Gasteiger partial charge < -0.3 is 15.0 Å². The highest BCUT2D eigenvalue weighted by molar-refractivity contribution is 7.99. The first-order chi connectivity index (χ1) is 13.6. The fraction of sp³-hybridized carbons (Fsp3) is 0.263. The highest BCUT2D eigenvalue weighted by Gasteiger charge is 2.15. The van der Waals surface area contributed by atoms with E-state index in [1.807, 2.05) is 13.0 Å². The largest absolute Gasteiger partial charge is 0.494 e. The summed E-state index contributed by atoms with van der Waals surface area (Å²) in [5, 5.41) is 12.1. The smallest absolute Gasteiger partial charge is 0.268 e. The van der Waals surface area contributed by atoms with Crippen molar-refractivity contribution in [2.75, 3.05) is 18.9 Å². The molecule has 0 aliphatic heterocycles. The molecule has 144 valence electrons. The first-order valence-corrected chi connectivity index (χ1v) is 9.72. The Morgan fingerprint density at radius 1 is 1.36 bits per heavy atom. The lowest BCUT2D eigenvalue weighted by Crippen LogP contribution is -2.27. The van der Waals surface area contributed by atoms with E-state index in [4.69, 9.17) is 10.00 Å². The number of nitrogens with zero attached hydrogens (tertiary/aromatic N) is 3. The summed E-state index contributed by atoms with van der Waals surface area (Å²) in [6.45, 7) is 2.75. The number of nitrogens with one attached hydrogen (secondary N) is 2. The Hall–Kier alpha value is -3.25. The third-order valence-electron chi connectivity index (χ3n) is 3.85. The van der Waals surface area contributed by atoms with Gasteiger partial charge in [0.15, 0.2) is 5.16 Å². The standard InChI is InChI=1S/C19H19N5O3S/c1-2-27-14-6-4-13(5-7-14)24-18(26)15-8-11-22-17(15)23-19(24)28-12-16(25)21-10-3-9-20/h4-8,11,22H,2-3,10,12H2,1H3,(H,21,25). The number of aromatic nitrogens is 3. The minimum atomic E-state index is -0.223. The summed E-state index contributed by atoms with van der Waals surface area (Å²) in [7, 11) is 0. The number of thioether (sulfide) groups is 1. The van der Waals surface area contributed by atoms with Gasteiger partial charge in [-0.2, -0.15) is 5.26 Å². The van der Waals surface area contributed by atoms with Gasteiger partial charge in [0.25, 0.3) is 5.56 Å². The van der Waals surface area contributed by atoms with Crippen molar-refractivity contribution in [3.63, 3.8) is 0 Å². The fourth-order valence-electron chi connectivity index (χ4n) is 2.60. The number of hydrogen-bond acceptors (Lipinski definition) is 6. The van der Waals surface area contributed by atoms with Gasteiger partial charge in [0.1, 0.15) is 11.4 Å². The summed E-state index contributed by atoms with van der Waals surface area (Å²) in [6, 6.07) is 10.8. The number of H-pyrrole nitrogens is 1. The first-order valence-electron chi connectivity index (χ1n) is 8.74. The average molecular weight is 397 g/mol. The van der Waals surface area contributed by atoms with Crippen molar-refractivity contribution in [2.45, 2.75) is 18.5 Å². The van der Waals surface area contributed by atoms with Crippen LogP contribution in [0.4, 0.5) is 0 Å². The lowest BCUT2D eigenvalue weighted by molar-refractivity contribution is -0.118. The molecule has 8 nitrogen and oxygen atoms in total. The van der Waals surface area contributed by atoms with Crippen LogP contribution < -0.4 is 15.6 Å². The lowest BCUT2D eigenvalue weighted by Gasteiger charge is -2.12. The van der Waals surface area contributed by atoms with Gasteiger partial charge >= 0.3 is 0 Å². The number of amides is 1. The van der Waals surface area contributed by atoms with Gasteiger partial charge in [-0.15, -0.1) is 0 Å². The van der Waals surface area contributed by atoms with Gasteiger partial charge in [-0.1, -0.05) is 11.8 Å². The molecule has 1 aromatic carbocycles. The van der Waals surface area contributed by atoms with Gasteiger partial charge in [0.2, 0.25) is 5.91 Å². The molecule has 0 aliphatic carbocycles. The second-order valence-corrected chi connectivity index (χ2v) is 6.69. The van der Waals surface area contributed by atoms with Crippen LogP contribution in [0.5, 0.6) is 5.75 Å². The number of hydrogen-bond donors (Lipinski definition) is 2. The summed E-state index contributed by atoms with van der Waals surface area (Å²) in [4.78, 5) is 32.4. The molecule has 0 saturated carbocycles. The highest BCUT2D eigenvalue weighted by Crippen LogP contribution is 2.22. The normalized spacial score (nSPS) is 10.6. The maximum atomic E-state index is 13.0. The second-order valence-electron chi connectivity index (χ2n) is 5.75. The van der Waals surface area contributed by atoms with Crippen molar-refractivity contribution in [2.24, 2.45) is 0 Å². The van der Waals surface area contributed by atoms with E-state index in [-0.39, 0.29) is 23.6 Å². The Morgan fingerprint density at radius 2 is 2.14 bits per heavy atom. The van der Waals surface area contributed by atoms with Crippen molar-refractivity contribution in [1.82, 2.24) is 19.9 Å². The van der Waals surface area contributed by atoms with Crippen LogP contribution in [-0.2, 0) is 4.79 Å². The molecule has 0 atom stereocenters. The Kier molecular flexibility index (Phi) is 6.34. The number of carbonyl (C=O) groups is 1. The van der Waals surface area contributed by atoms with E-state index in [1.54, 1.807) is 36.5 Å². The van der Waals surface area contributed by atoms with E-state index < -0.39 is 0 Å². The molecular formula is C19H19N5O3S. The minimum Gasteiger partial charge on any atom is -0.494 e. The number of ether oxygens (including phenoxy) is 1. The van der Waals surface area contributed by atoms with Crippen molar-refractivity contribution in [1.29, 1.82) is 5.26 Å². The number of nitriles is 1. The Labute approximate surface area is 165 Å². The number of rotatable bonds is 8. The topological polar surface area (TPSA) is 113 Å². The molecule has 0 aliphatic rings. The van der Waals surface area contributed by atoms with Crippen molar-refractivity contribution in [3.05, 3.63) is 46.9 Å². The maximum absolute atomic E-state index is 13.0. The van der Waals surface area contributed by atoms with Crippen LogP contribution in [0.3, 0.4) is 0 Å². The highest BCUT2D eigenvalue weighted by atomic mass is 32.2. The molecule has 2 N–H and O–H groups in total. The van der Waals surface area contributed by atoms with Crippen molar-refractivity contribution >= 4 is 28.7 Å². The summed E-state index contributed by atoms with van der Waals surface area (Å²) in [6.07, 6.45) is 1.91. The zero-order valence-corrected chi connectivity index (χ0v) is 16.1. The molecule has 0 bridgehead atoms. The first kappa shape index (κ1) is 19.5. The number of fused-ring (bicyclic) bond motifs is 1. The Bertz CT molecular complexity index is 1070. The van der Waals surface area contributed by atoms with Crippen LogP contribution in [0, 0.1) is 11.3 Å². The van der Waals surface area contributed by atoms with Gasteiger partial charge in [-0.3, -0.25) is 14.2 Å². The van der Waals surface area contributed by atoms with E-state index in [1.165, 1.54) is 4.57 Å². The fourth-order valence-corrected chi connectivity index (χ4v) is 3.44. The van der Waals surface area contributed by atoms with Crippen LogP contribution in [0.15, 0.2) is 46.5 Å². The van der Waals surface area contributed by atoms with Gasteiger partial charge in [-0.05, 0) is 37.3 Å². The molecule has 0 unspecified atom stereocenters. The zero-order chi connectivity index (χ0) is 19.9. The zero-order valence-electron chi connectivity index (χ0n) is 15.3. The maximum Gasteiger partial charge on any atom is 0.268 e. The van der Waals surface area contributed by atoms with Crippen LogP contribution in [0.25, 0.3) is 16.7 Å². The van der Waals surface area contributed by atoms with E-state index >= 15 is 0 Å². The van der Waals surface area contributed by atoms with Gasteiger partial charge in [0, 0.05) is 12.7 Å². The third-order valence-corrected chi connectivity index (χ3v) is 4.79. The van der Waals surface area contributed by atoms with E-state index in [0.29, 0.717) is 40.8 Å². The number of carbonyl (C=O) groups excluding carboxylic acids is 1. The molecule has 2 heterocycles. The summed E-state index contributed by atoms with van der Waals surface area (Å²) in [5.74, 6) is 0.571. The summed E-state index contributed by atoms with van der Waals surface area (Å²) in [5.41, 5.74) is 0.888. The Balaban J connectivity index is 1.92. The van der Waals surface area contributed by atoms with Crippen molar-refractivity contribution in [3.8, 4) is 17.5 Å². The van der Waals surface area contributed by atoms with E-state index in [0.717, 1.165) is 11.8 Å². The minimum absolute atomic E-state index is 0.0844. The molecule has 3 rings (SSSR count). The molecule has 0 spiro atoms. The van der Waals surface area contributed by atoms with Gasteiger partial charge in [0.05, 0.1) is 35.9 Å². The molecule has 2 aromatic heterocycles. The molecule has 9 heteroatoms. The van der Waals surface area contributed by atoms with E-state index in [2.05, 4.69) is 15.3 Å². The Morgan fingerprint density at radius 3 is 2.86 bits per heavy atom. The molecule has 1 amide bonds. The van der Waals surface area contributed by atoms with E-state index in [9.17, 15) is 9.59 Å². The molecule has 0 radical (unpaired) electrons. The van der Waals surface area contributed by atoms with Crippen LogP contribution >= 0.6 is 11.8 Å². The van der Waals surface area contributed by atoms with Crippen LogP contribution in [0.1, 0.15) is 13.3 Å². The second kappa shape index (κ2) is 9.10. The van der Waals surface area contributed by atoms with Crippen LogP contribution in [0.2, 0.25) is 0 Å². The third kappa shape index (κ3) is 4.35.